The highest BCUT2D eigenvalue weighted by molar-refractivity contribution is 7.99. The van der Waals surface area contributed by atoms with Crippen molar-refractivity contribution < 1.29 is 9.90 Å². The summed E-state index contributed by atoms with van der Waals surface area (Å²) in [6, 6.07) is 0.184. The number of rotatable bonds is 10. The molecule has 2 unspecified atom stereocenters. The van der Waals surface area contributed by atoms with Gasteiger partial charge < -0.3 is 5.11 Å². The van der Waals surface area contributed by atoms with E-state index in [1.165, 1.54) is 19.3 Å². The molecule has 0 aromatic rings. The third-order valence-corrected chi connectivity index (χ3v) is 4.19. The van der Waals surface area contributed by atoms with Crippen LogP contribution in [0.25, 0.3) is 0 Å². The molecule has 0 fully saturated rings. The Morgan fingerprint density at radius 2 is 1.94 bits per heavy atom. The molecule has 18 heavy (non-hydrogen) atoms. The lowest BCUT2D eigenvalue weighted by Crippen LogP contribution is -2.53. The molecule has 0 rings (SSSR count). The van der Waals surface area contributed by atoms with Crippen molar-refractivity contribution in [1.29, 1.82) is 0 Å². The Balaban J connectivity index is 4.19. The van der Waals surface area contributed by atoms with Crippen molar-refractivity contribution >= 4 is 17.7 Å². The Morgan fingerprint density at radius 3 is 2.39 bits per heavy atom. The SMILES string of the molecule is CCCCCSC(C)CC(C)(NC(C)C)C(=O)O. The fraction of sp³-hybridized carbons (Fsp3) is 0.929. The van der Waals surface area contributed by atoms with Crippen LogP contribution in [-0.2, 0) is 4.79 Å². The fourth-order valence-electron chi connectivity index (χ4n) is 2.12. The van der Waals surface area contributed by atoms with E-state index in [2.05, 4.69) is 19.2 Å². The van der Waals surface area contributed by atoms with Gasteiger partial charge in [-0.25, -0.2) is 0 Å². The first-order valence-electron chi connectivity index (χ1n) is 6.94. The highest BCUT2D eigenvalue weighted by Gasteiger charge is 2.34. The quantitative estimate of drug-likeness (QED) is 0.599. The van der Waals surface area contributed by atoms with Crippen molar-refractivity contribution in [1.82, 2.24) is 5.32 Å². The minimum atomic E-state index is -0.814. The van der Waals surface area contributed by atoms with Crippen LogP contribution in [-0.4, -0.2) is 33.7 Å². The van der Waals surface area contributed by atoms with E-state index < -0.39 is 11.5 Å². The summed E-state index contributed by atoms with van der Waals surface area (Å²) >= 11 is 1.88. The van der Waals surface area contributed by atoms with Crippen LogP contribution in [0.3, 0.4) is 0 Å². The summed E-state index contributed by atoms with van der Waals surface area (Å²) < 4.78 is 0. The molecule has 2 atom stereocenters. The molecule has 0 saturated carbocycles. The Bertz CT molecular complexity index is 246. The number of carbonyl (C=O) groups is 1. The molecule has 0 heterocycles. The van der Waals surface area contributed by atoms with Crippen molar-refractivity contribution in [3.8, 4) is 0 Å². The summed E-state index contributed by atoms with van der Waals surface area (Å²) in [6.07, 6.45) is 4.39. The summed E-state index contributed by atoms with van der Waals surface area (Å²) in [4.78, 5) is 11.4. The molecule has 3 nitrogen and oxygen atoms in total. The Kier molecular flexibility index (Phi) is 8.70. The number of aliphatic carboxylic acids is 1. The third-order valence-electron chi connectivity index (χ3n) is 2.93. The van der Waals surface area contributed by atoms with Gasteiger partial charge in [0, 0.05) is 11.3 Å². The van der Waals surface area contributed by atoms with Gasteiger partial charge in [-0.1, -0.05) is 26.7 Å². The minimum Gasteiger partial charge on any atom is -0.480 e. The van der Waals surface area contributed by atoms with Crippen LogP contribution in [0.5, 0.6) is 0 Å². The maximum absolute atomic E-state index is 11.4. The standard InChI is InChI=1S/C14H29NO2S/c1-6-7-8-9-18-12(4)10-14(5,13(16)17)15-11(2)3/h11-12,15H,6-10H2,1-5H3,(H,16,17). The molecule has 0 aromatic carbocycles. The molecule has 0 aliphatic heterocycles. The number of thioether (sulfide) groups is 1. The smallest absolute Gasteiger partial charge is 0.323 e. The lowest BCUT2D eigenvalue weighted by molar-refractivity contribution is -0.144. The van der Waals surface area contributed by atoms with Gasteiger partial charge in [-0.15, -0.1) is 0 Å². The maximum Gasteiger partial charge on any atom is 0.323 e. The van der Waals surface area contributed by atoms with Crippen molar-refractivity contribution in [2.75, 3.05) is 5.75 Å². The van der Waals surface area contributed by atoms with Gasteiger partial charge >= 0.3 is 5.97 Å². The van der Waals surface area contributed by atoms with Crippen LogP contribution in [0, 0.1) is 0 Å². The lowest BCUT2D eigenvalue weighted by atomic mass is 9.95. The maximum atomic E-state index is 11.4. The van der Waals surface area contributed by atoms with Gasteiger partial charge in [0.25, 0.3) is 0 Å². The van der Waals surface area contributed by atoms with Crippen molar-refractivity contribution in [3.63, 3.8) is 0 Å². The summed E-state index contributed by atoms with van der Waals surface area (Å²) in [5, 5.41) is 12.9. The molecule has 0 aromatic heterocycles. The van der Waals surface area contributed by atoms with Crippen LogP contribution < -0.4 is 5.32 Å². The summed E-state index contributed by atoms with van der Waals surface area (Å²) in [6.45, 7) is 10.1. The highest BCUT2D eigenvalue weighted by atomic mass is 32.2. The predicted octanol–water partition coefficient (Wildman–Crippen LogP) is 3.53. The van der Waals surface area contributed by atoms with Crippen molar-refractivity contribution in [2.45, 2.75) is 77.1 Å². The number of hydrogen-bond acceptors (Lipinski definition) is 3. The number of hydrogen-bond donors (Lipinski definition) is 2. The number of carboxylic acid groups (broad SMARTS) is 1. The zero-order valence-corrected chi connectivity index (χ0v) is 13.3. The Labute approximate surface area is 116 Å². The van der Waals surface area contributed by atoms with Crippen molar-refractivity contribution in [3.05, 3.63) is 0 Å². The first-order valence-corrected chi connectivity index (χ1v) is 7.99. The zero-order valence-electron chi connectivity index (χ0n) is 12.5. The molecule has 2 N–H and O–H groups in total. The van der Waals surface area contributed by atoms with Gasteiger partial charge in [-0.2, -0.15) is 11.8 Å². The van der Waals surface area contributed by atoms with Gasteiger partial charge in [0.15, 0.2) is 0 Å². The predicted molar refractivity (Wildman–Crippen MR) is 80.4 cm³/mol. The Morgan fingerprint density at radius 1 is 1.33 bits per heavy atom. The summed E-state index contributed by atoms with van der Waals surface area (Å²) in [7, 11) is 0. The molecule has 0 saturated heterocycles. The van der Waals surface area contributed by atoms with E-state index in [0.717, 1.165) is 5.75 Å². The second-order valence-electron chi connectivity index (χ2n) is 5.53. The van der Waals surface area contributed by atoms with Crippen LogP contribution in [0.15, 0.2) is 0 Å². The van der Waals surface area contributed by atoms with Crippen LogP contribution in [0.4, 0.5) is 0 Å². The summed E-state index contributed by atoms with van der Waals surface area (Å²) in [5.74, 6) is 0.379. The van der Waals surface area contributed by atoms with E-state index in [0.29, 0.717) is 11.7 Å². The zero-order chi connectivity index (χ0) is 14.2. The second kappa shape index (κ2) is 8.81. The molecule has 0 aliphatic rings. The van der Waals surface area contributed by atoms with Crippen LogP contribution in [0.1, 0.15) is 60.3 Å². The average Bonchev–Trinajstić information content (AvgIpc) is 2.23. The van der Waals surface area contributed by atoms with Crippen LogP contribution in [0.2, 0.25) is 0 Å². The molecule has 0 aliphatic carbocycles. The average molecular weight is 275 g/mol. The number of nitrogens with one attached hydrogen (secondary N) is 1. The largest absolute Gasteiger partial charge is 0.480 e. The van der Waals surface area contributed by atoms with Gasteiger partial charge in [0.1, 0.15) is 5.54 Å². The van der Waals surface area contributed by atoms with Gasteiger partial charge in [0.05, 0.1) is 0 Å². The molecule has 0 amide bonds. The van der Waals surface area contributed by atoms with E-state index in [-0.39, 0.29) is 6.04 Å². The molecule has 0 bridgehead atoms. The summed E-state index contributed by atoms with van der Waals surface area (Å²) in [5.41, 5.74) is -0.814. The third kappa shape index (κ3) is 7.27. The molecule has 0 radical (unpaired) electrons. The van der Waals surface area contributed by atoms with E-state index >= 15 is 0 Å². The molecule has 108 valence electrons. The normalized spacial score (nSPS) is 16.6. The van der Waals surface area contributed by atoms with E-state index in [9.17, 15) is 9.90 Å². The molecule has 4 heteroatoms. The second-order valence-corrected chi connectivity index (χ2v) is 7.08. The van der Waals surface area contributed by atoms with E-state index in [4.69, 9.17) is 0 Å². The fourth-order valence-corrected chi connectivity index (χ4v) is 3.34. The number of unbranched alkanes of at least 4 members (excludes halogenated alkanes) is 2. The van der Waals surface area contributed by atoms with Gasteiger partial charge in [0.2, 0.25) is 0 Å². The van der Waals surface area contributed by atoms with E-state index in [1.807, 2.05) is 25.6 Å². The Hall–Kier alpha value is -0.220. The minimum absolute atomic E-state index is 0.184. The van der Waals surface area contributed by atoms with Gasteiger partial charge in [-0.3, -0.25) is 10.1 Å². The first kappa shape index (κ1) is 17.8. The van der Waals surface area contributed by atoms with Crippen LogP contribution >= 0.6 is 11.8 Å². The molecular weight excluding hydrogens is 246 g/mol. The topological polar surface area (TPSA) is 49.3 Å². The van der Waals surface area contributed by atoms with Crippen molar-refractivity contribution in [2.24, 2.45) is 0 Å². The number of carboxylic acids is 1. The molecular formula is C14H29NO2S. The lowest BCUT2D eigenvalue weighted by Gasteiger charge is -2.31. The van der Waals surface area contributed by atoms with E-state index in [1.54, 1.807) is 6.92 Å². The molecule has 0 spiro atoms. The monoisotopic (exact) mass is 275 g/mol. The highest BCUT2D eigenvalue weighted by Crippen LogP contribution is 2.23. The van der Waals surface area contributed by atoms with Gasteiger partial charge in [-0.05, 0) is 39.4 Å². The first-order chi connectivity index (χ1) is 8.31.